The number of nitrogens with zero attached hydrogens (tertiary/aromatic N) is 1. The predicted octanol–water partition coefficient (Wildman–Crippen LogP) is 3.55. The average molecular weight is 355 g/mol. The van der Waals surface area contributed by atoms with E-state index in [4.69, 9.17) is 4.74 Å². The number of hydrogen-bond donors (Lipinski definition) is 1. The van der Waals surface area contributed by atoms with Crippen molar-refractivity contribution in [2.75, 3.05) is 32.8 Å². The lowest BCUT2D eigenvalue weighted by Crippen LogP contribution is -2.50. The molecule has 136 valence electrons. The lowest BCUT2D eigenvalue weighted by atomic mass is 9.84. The van der Waals surface area contributed by atoms with Crippen molar-refractivity contribution in [3.8, 4) is 0 Å². The van der Waals surface area contributed by atoms with Crippen LogP contribution in [0.1, 0.15) is 51.3 Å². The molecule has 1 unspecified atom stereocenters. The average Bonchev–Trinajstić information content (AvgIpc) is 3.32. The highest BCUT2D eigenvalue weighted by molar-refractivity contribution is 7.10. The maximum atomic E-state index is 12.8. The van der Waals surface area contributed by atoms with E-state index in [1.54, 1.807) is 0 Å². The first kappa shape index (κ1) is 19.4. The van der Waals surface area contributed by atoms with E-state index in [0.717, 1.165) is 61.2 Å². The summed E-state index contributed by atoms with van der Waals surface area (Å²) >= 11 is 1.44. The van der Waals surface area contributed by atoms with Gasteiger partial charge in [0.1, 0.15) is 13.2 Å². The van der Waals surface area contributed by atoms with Crippen LogP contribution in [0.4, 0.5) is 0 Å². The Kier molecular flexibility index (Phi) is 6.84. The molecule has 1 aromatic heterocycles. The normalized spacial score (nSPS) is 18.5. The Morgan fingerprint density at radius 2 is 1.92 bits per heavy atom. The van der Waals surface area contributed by atoms with E-state index in [0.29, 0.717) is 6.61 Å². The number of carbonyl (C=O) groups is 1. The minimum atomic E-state index is -1.47. The van der Waals surface area contributed by atoms with E-state index in [9.17, 15) is 9.90 Å². The van der Waals surface area contributed by atoms with Gasteiger partial charge in [-0.05, 0) is 45.1 Å². The van der Waals surface area contributed by atoms with Crippen molar-refractivity contribution in [1.29, 1.82) is 0 Å². The van der Waals surface area contributed by atoms with E-state index >= 15 is 0 Å². The third-order valence-corrected chi connectivity index (χ3v) is 6.96. The summed E-state index contributed by atoms with van der Waals surface area (Å²) in [5, 5.41) is 13.2. The minimum absolute atomic E-state index is 0.0218. The lowest BCUT2D eigenvalue weighted by molar-refractivity contribution is -0.923. The summed E-state index contributed by atoms with van der Waals surface area (Å²) in [4.78, 5) is 13.6. The van der Waals surface area contributed by atoms with Crippen LogP contribution < -0.4 is 0 Å². The summed E-state index contributed by atoms with van der Waals surface area (Å²) < 4.78 is 6.55. The fourth-order valence-electron chi connectivity index (χ4n) is 3.89. The summed E-state index contributed by atoms with van der Waals surface area (Å²) in [5.41, 5.74) is -1.47. The zero-order chi connectivity index (χ0) is 17.6. The maximum Gasteiger partial charge on any atom is 0.344 e. The molecule has 0 radical (unpaired) electrons. The number of ether oxygens (including phenoxy) is 1. The van der Waals surface area contributed by atoms with Crippen LogP contribution in [-0.2, 0) is 15.1 Å². The molecular weight excluding hydrogens is 322 g/mol. The molecule has 4 nitrogen and oxygen atoms in total. The van der Waals surface area contributed by atoms with Crippen molar-refractivity contribution in [1.82, 2.24) is 0 Å². The van der Waals surface area contributed by atoms with Gasteiger partial charge in [0.2, 0.25) is 0 Å². The first-order chi connectivity index (χ1) is 11.5. The van der Waals surface area contributed by atoms with E-state index in [1.165, 1.54) is 11.3 Å². The molecule has 0 aliphatic heterocycles. The minimum Gasteiger partial charge on any atom is -0.457 e. The Balaban J connectivity index is 2.06. The molecule has 1 saturated carbocycles. The lowest BCUT2D eigenvalue weighted by Gasteiger charge is -2.36. The van der Waals surface area contributed by atoms with Crippen LogP contribution in [0.15, 0.2) is 17.5 Å². The van der Waals surface area contributed by atoms with Crippen LogP contribution in [0, 0.1) is 5.92 Å². The van der Waals surface area contributed by atoms with Gasteiger partial charge in [0.25, 0.3) is 0 Å². The summed E-state index contributed by atoms with van der Waals surface area (Å²) in [7, 11) is 0. The smallest absolute Gasteiger partial charge is 0.344 e. The number of carbonyl (C=O) groups excluding carboxylic acids is 1. The van der Waals surface area contributed by atoms with E-state index < -0.39 is 11.6 Å². The second-order valence-electron chi connectivity index (χ2n) is 6.87. The summed E-state index contributed by atoms with van der Waals surface area (Å²) in [6.45, 7) is 10.8. The van der Waals surface area contributed by atoms with E-state index in [2.05, 4.69) is 20.8 Å². The number of likely N-dealkylation sites (N-methyl/N-ethyl adjacent to an activating group) is 1. The molecule has 1 fully saturated rings. The monoisotopic (exact) mass is 354 g/mol. The molecule has 0 bridgehead atoms. The Morgan fingerprint density at radius 1 is 1.29 bits per heavy atom. The van der Waals surface area contributed by atoms with Crippen LogP contribution in [0.3, 0.4) is 0 Å². The molecular formula is C19H32NO3S+. The Hall–Kier alpha value is -0.910. The van der Waals surface area contributed by atoms with Gasteiger partial charge in [-0.1, -0.05) is 18.9 Å². The van der Waals surface area contributed by atoms with Gasteiger partial charge in [-0.15, -0.1) is 11.3 Å². The van der Waals surface area contributed by atoms with Crippen molar-refractivity contribution >= 4 is 17.3 Å². The highest BCUT2D eigenvalue weighted by Gasteiger charge is 2.48. The number of aliphatic hydroxyl groups is 1. The quantitative estimate of drug-likeness (QED) is 0.545. The van der Waals surface area contributed by atoms with Crippen LogP contribution in [0.5, 0.6) is 0 Å². The largest absolute Gasteiger partial charge is 0.457 e. The maximum absolute atomic E-state index is 12.8. The summed E-state index contributed by atoms with van der Waals surface area (Å²) in [6.07, 6.45) is 3.94. The number of esters is 1. The van der Waals surface area contributed by atoms with Crippen LogP contribution in [0.2, 0.25) is 0 Å². The van der Waals surface area contributed by atoms with E-state index in [-0.39, 0.29) is 5.92 Å². The van der Waals surface area contributed by atoms with Gasteiger partial charge >= 0.3 is 5.97 Å². The summed E-state index contributed by atoms with van der Waals surface area (Å²) in [6, 6.07) is 3.75. The fraction of sp³-hybridized carbons (Fsp3) is 0.737. The molecule has 1 N–H and O–H groups in total. The molecule has 0 aromatic carbocycles. The summed E-state index contributed by atoms with van der Waals surface area (Å²) in [5.74, 6) is -0.482. The van der Waals surface area contributed by atoms with Gasteiger partial charge in [-0.2, -0.15) is 0 Å². The third kappa shape index (κ3) is 3.84. The van der Waals surface area contributed by atoms with Crippen molar-refractivity contribution in [3.05, 3.63) is 22.4 Å². The van der Waals surface area contributed by atoms with Crippen LogP contribution in [0.25, 0.3) is 0 Å². The second-order valence-corrected chi connectivity index (χ2v) is 7.82. The van der Waals surface area contributed by atoms with Gasteiger partial charge < -0.3 is 14.3 Å². The molecule has 1 heterocycles. The zero-order valence-corrected chi connectivity index (χ0v) is 16.1. The van der Waals surface area contributed by atoms with Gasteiger partial charge in [0.15, 0.2) is 5.60 Å². The van der Waals surface area contributed by atoms with Gasteiger partial charge in [0.05, 0.1) is 19.6 Å². The molecule has 1 atom stereocenters. The highest BCUT2D eigenvalue weighted by Crippen LogP contribution is 2.43. The number of thiophene rings is 1. The molecule has 1 aliphatic rings. The van der Waals surface area contributed by atoms with Gasteiger partial charge in [0, 0.05) is 10.8 Å². The van der Waals surface area contributed by atoms with Crippen molar-refractivity contribution < 1.29 is 19.1 Å². The Labute approximate surface area is 150 Å². The molecule has 0 amide bonds. The molecule has 2 rings (SSSR count). The van der Waals surface area contributed by atoms with Crippen molar-refractivity contribution in [2.45, 2.75) is 52.1 Å². The molecule has 5 heteroatoms. The second kappa shape index (κ2) is 8.45. The molecule has 1 aromatic rings. The zero-order valence-electron chi connectivity index (χ0n) is 15.3. The Bertz CT molecular complexity index is 498. The first-order valence-electron chi connectivity index (χ1n) is 9.31. The van der Waals surface area contributed by atoms with Crippen LogP contribution >= 0.6 is 11.3 Å². The fourth-order valence-corrected chi connectivity index (χ4v) is 4.79. The number of quaternary nitrogens is 1. The predicted molar refractivity (Wildman–Crippen MR) is 97.9 cm³/mol. The van der Waals surface area contributed by atoms with Gasteiger partial charge in [-0.25, -0.2) is 4.79 Å². The molecule has 24 heavy (non-hydrogen) atoms. The van der Waals surface area contributed by atoms with E-state index in [1.807, 2.05) is 17.5 Å². The molecule has 0 saturated heterocycles. The topological polar surface area (TPSA) is 46.5 Å². The van der Waals surface area contributed by atoms with Crippen LogP contribution in [-0.4, -0.2) is 48.3 Å². The van der Waals surface area contributed by atoms with Crippen molar-refractivity contribution in [3.63, 3.8) is 0 Å². The number of hydrogen-bond acceptors (Lipinski definition) is 4. The first-order valence-corrected chi connectivity index (χ1v) is 10.2. The molecule has 1 aliphatic carbocycles. The van der Waals surface area contributed by atoms with Gasteiger partial charge in [-0.3, -0.25) is 0 Å². The molecule has 0 spiro atoms. The Morgan fingerprint density at radius 3 is 2.42 bits per heavy atom. The highest BCUT2D eigenvalue weighted by atomic mass is 32.1. The van der Waals surface area contributed by atoms with Crippen molar-refractivity contribution in [2.24, 2.45) is 5.92 Å². The number of rotatable bonds is 9. The SMILES string of the molecule is CC[N+](CC)(CC)CCOC(=O)C(O)(c1cccs1)C1CCCC1. The standard InChI is InChI=1S/C19H32NO3S/c1-4-20(5-2,6-3)13-14-23-18(21)19(22,16-10-7-8-11-16)17-12-9-15-24-17/h9,12,15-16,22H,4-8,10-11,13-14H2,1-3H3/q+1. The third-order valence-electron chi connectivity index (χ3n) is 5.97.